The third kappa shape index (κ3) is 6.54. The van der Waals surface area contributed by atoms with Crippen LogP contribution < -0.4 is 0 Å². The molecule has 27 heavy (non-hydrogen) atoms. The minimum Gasteiger partial charge on any atom is -0.478 e. The van der Waals surface area contributed by atoms with E-state index < -0.39 is 11.6 Å². The summed E-state index contributed by atoms with van der Waals surface area (Å²) in [5, 5.41) is 9.17. The van der Waals surface area contributed by atoms with Gasteiger partial charge in [-0.3, -0.25) is 4.90 Å². The number of hydrogen-bond donors (Lipinski definition) is 1. The van der Waals surface area contributed by atoms with Crippen LogP contribution in [0.4, 0.5) is 4.79 Å². The molecule has 0 saturated carbocycles. The van der Waals surface area contributed by atoms with Crippen molar-refractivity contribution in [2.45, 2.75) is 59.2 Å². The predicted octanol–water partition coefficient (Wildman–Crippen LogP) is 3.85. The quantitative estimate of drug-likeness (QED) is 0.845. The van der Waals surface area contributed by atoms with Crippen LogP contribution in [0.5, 0.6) is 0 Å². The number of amides is 1. The summed E-state index contributed by atoms with van der Waals surface area (Å²) in [4.78, 5) is 27.9. The number of carbonyl (C=O) groups is 2. The van der Waals surface area contributed by atoms with E-state index in [1.165, 1.54) is 0 Å². The Morgan fingerprint density at radius 1 is 1.26 bits per heavy atom. The van der Waals surface area contributed by atoms with Crippen LogP contribution in [-0.2, 0) is 11.3 Å². The van der Waals surface area contributed by atoms with Gasteiger partial charge in [-0.1, -0.05) is 26.0 Å². The van der Waals surface area contributed by atoms with Gasteiger partial charge in [0, 0.05) is 32.2 Å². The fourth-order valence-corrected chi connectivity index (χ4v) is 3.43. The van der Waals surface area contributed by atoms with Crippen LogP contribution in [0.2, 0.25) is 0 Å². The highest BCUT2D eigenvalue weighted by Gasteiger charge is 2.33. The van der Waals surface area contributed by atoms with Crippen molar-refractivity contribution < 1.29 is 19.4 Å². The van der Waals surface area contributed by atoms with Crippen LogP contribution >= 0.6 is 0 Å². The molecule has 0 spiro atoms. The first-order chi connectivity index (χ1) is 12.5. The molecule has 1 heterocycles. The maximum Gasteiger partial charge on any atom is 0.410 e. The molecule has 2 rings (SSSR count). The largest absolute Gasteiger partial charge is 0.478 e. The third-order valence-corrected chi connectivity index (χ3v) is 4.52. The zero-order valence-corrected chi connectivity index (χ0v) is 17.1. The summed E-state index contributed by atoms with van der Waals surface area (Å²) in [5.41, 5.74) is 0.774. The Bertz CT molecular complexity index is 666. The van der Waals surface area contributed by atoms with E-state index in [1.54, 1.807) is 18.2 Å². The van der Waals surface area contributed by atoms with Gasteiger partial charge in [-0.15, -0.1) is 0 Å². The van der Waals surface area contributed by atoms with Crippen molar-refractivity contribution in [2.75, 3.05) is 19.6 Å². The molecular weight excluding hydrogens is 344 g/mol. The van der Waals surface area contributed by atoms with E-state index in [1.807, 2.05) is 31.7 Å². The van der Waals surface area contributed by atoms with Gasteiger partial charge in [-0.2, -0.15) is 0 Å². The molecule has 0 unspecified atom stereocenters. The Kier molecular flexibility index (Phi) is 6.87. The highest BCUT2D eigenvalue weighted by molar-refractivity contribution is 5.87. The molecule has 150 valence electrons. The Balaban J connectivity index is 2.07. The van der Waals surface area contributed by atoms with Crippen LogP contribution in [0.15, 0.2) is 24.3 Å². The van der Waals surface area contributed by atoms with E-state index in [-0.39, 0.29) is 12.1 Å². The van der Waals surface area contributed by atoms with Gasteiger partial charge in [0.1, 0.15) is 5.60 Å². The average molecular weight is 376 g/mol. The number of aromatic carboxylic acids is 1. The normalized spacial score (nSPS) is 18.6. The Morgan fingerprint density at radius 3 is 2.56 bits per heavy atom. The zero-order valence-electron chi connectivity index (χ0n) is 17.1. The molecule has 1 N–H and O–H groups in total. The fourth-order valence-electron chi connectivity index (χ4n) is 3.43. The summed E-state index contributed by atoms with van der Waals surface area (Å²) in [6, 6.07) is 7.15. The van der Waals surface area contributed by atoms with Crippen molar-refractivity contribution in [3.8, 4) is 0 Å². The summed E-state index contributed by atoms with van der Waals surface area (Å²) >= 11 is 0. The summed E-state index contributed by atoms with van der Waals surface area (Å²) in [5.74, 6) is -0.445. The smallest absolute Gasteiger partial charge is 0.410 e. The first-order valence-electron chi connectivity index (χ1n) is 9.59. The zero-order chi connectivity index (χ0) is 20.2. The molecule has 1 aromatic rings. The molecule has 1 aliphatic rings. The van der Waals surface area contributed by atoms with Gasteiger partial charge in [-0.05, 0) is 50.8 Å². The lowest BCUT2D eigenvalue weighted by Crippen LogP contribution is -2.56. The van der Waals surface area contributed by atoms with Gasteiger partial charge in [0.2, 0.25) is 0 Å². The highest BCUT2D eigenvalue weighted by Crippen LogP contribution is 2.22. The van der Waals surface area contributed by atoms with E-state index in [9.17, 15) is 14.7 Å². The highest BCUT2D eigenvalue weighted by atomic mass is 16.6. The topological polar surface area (TPSA) is 70.1 Å². The number of nitrogens with zero attached hydrogens (tertiary/aromatic N) is 2. The minimum atomic E-state index is -0.913. The van der Waals surface area contributed by atoms with Crippen LogP contribution in [0.25, 0.3) is 0 Å². The molecular formula is C21H32N2O4. The molecule has 0 radical (unpaired) electrons. The lowest BCUT2D eigenvalue weighted by atomic mass is 9.99. The van der Waals surface area contributed by atoms with Gasteiger partial charge in [0.15, 0.2) is 0 Å². The van der Waals surface area contributed by atoms with Crippen molar-refractivity contribution in [2.24, 2.45) is 5.92 Å². The first kappa shape index (κ1) is 21.2. The van der Waals surface area contributed by atoms with Crippen molar-refractivity contribution in [3.05, 3.63) is 35.4 Å². The molecule has 1 aliphatic heterocycles. The maximum atomic E-state index is 12.6. The minimum absolute atomic E-state index is 0.0938. The molecule has 1 amide bonds. The van der Waals surface area contributed by atoms with E-state index >= 15 is 0 Å². The molecule has 1 aromatic carbocycles. The second-order valence-corrected chi connectivity index (χ2v) is 8.70. The van der Waals surface area contributed by atoms with E-state index in [0.29, 0.717) is 24.6 Å². The van der Waals surface area contributed by atoms with E-state index in [2.05, 4.69) is 18.7 Å². The van der Waals surface area contributed by atoms with E-state index in [0.717, 1.165) is 25.1 Å². The Labute approximate surface area is 162 Å². The maximum absolute atomic E-state index is 12.6. The Morgan fingerprint density at radius 2 is 1.96 bits per heavy atom. The number of piperazine rings is 1. The summed E-state index contributed by atoms with van der Waals surface area (Å²) in [6.45, 7) is 12.8. The predicted molar refractivity (Wildman–Crippen MR) is 105 cm³/mol. The second-order valence-electron chi connectivity index (χ2n) is 8.70. The number of ether oxygens (including phenoxy) is 1. The molecule has 0 bridgehead atoms. The lowest BCUT2D eigenvalue weighted by Gasteiger charge is -2.42. The monoisotopic (exact) mass is 376 g/mol. The molecule has 6 nitrogen and oxygen atoms in total. The standard InChI is InChI=1S/C21H32N2O4/c1-15(2)11-18-14-22(9-10-23(18)20(26)27-21(3,4)5)13-16-7-6-8-17(12-16)19(24)25/h6-8,12,15,18H,9-11,13-14H2,1-5H3,(H,24,25)/t18-/m0/s1. The van der Waals surface area contributed by atoms with Crippen LogP contribution in [-0.4, -0.2) is 58.2 Å². The van der Waals surface area contributed by atoms with Gasteiger partial charge < -0.3 is 14.7 Å². The van der Waals surface area contributed by atoms with Gasteiger partial charge >= 0.3 is 12.1 Å². The Hall–Kier alpha value is -2.08. The number of carbonyl (C=O) groups excluding carboxylic acids is 1. The number of rotatable bonds is 5. The lowest BCUT2D eigenvalue weighted by molar-refractivity contribution is -0.00567. The van der Waals surface area contributed by atoms with Crippen molar-refractivity contribution in [3.63, 3.8) is 0 Å². The van der Waals surface area contributed by atoms with Gasteiger partial charge in [0.05, 0.1) is 5.56 Å². The van der Waals surface area contributed by atoms with Crippen LogP contribution in [0, 0.1) is 5.92 Å². The molecule has 6 heteroatoms. The van der Waals surface area contributed by atoms with Crippen molar-refractivity contribution in [1.29, 1.82) is 0 Å². The summed E-state index contributed by atoms with van der Waals surface area (Å²) in [6.07, 6.45) is 0.658. The fraction of sp³-hybridized carbons (Fsp3) is 0.619. The van der Waals surface area contributed by atoms with Crippen molar-refractivity contribution in [1.82, 2.24) is 9.80 Å². The van der Waals surface area contributed by atoms with Crippen LogP contribution in [0.3, 0.4) is 0 Å². The third-order valence-electron chi connectivity index (χ3n) is 4.52. The number of hydrogen-bond acceptors (Lipinski definition) is 4. The van der Waals surface area contributed by atoms with Crippen LogP contribution in [0.1, 0.15) is 57.0 Å². The molecule has 1 atom stereocenters. The summed E-state index contributed by atoms with van der Waals surface area (Å²) < 4.78 is 5.59. The van der Waals surface area contributed by atoms with Crippen molar-refractivity contribution >= 4 is 12.1 Å². The number of carboxylic acid groups (broad SMARTS) is 1. The number of benzene rings is 1. The first-order valence-corrected chi connectivity index (χ1v) is 9.59. The van der Waals surface area contributed by atoms with Gasteiger partial charge in [0.25, 0.3) is 0 Å². The number of carboxylic acids is 1. The molecule has 0 aromatic heterocycles. The molecule has 0 aliphatic carbocycles. The molecule has 1 fully saturated rings. The SMILES string of the molecule is CC(C)C[C@H]1CN(Cc2cccc(C(=O)O)c2)CCN1C(=O)OC(C)(C)C. The van der Waals surface area contributed by atoms with E-state index in [4.69, 9.17) is 4.74 Å². The average Bonchev–Trinajstić information content (AvgIpc) is 2.53. The second kappa shape index (κ2) is 8.74. The molecule has 1 saturated heterocycles. The summed E-state index contributed by atoms with van der Waals surface area (Å²) in [7, 11) is 0. The van der Waals surface area contributed by atoms with Gasteiger partial charge in [-0.25, -0.2) is 9.59 Å².